The minimum atomic E-state index is 0.122. The highest BCUT2D eigenvalue weighted by Crippen LogP contribution is 2.38. The van der Waals surface area contributed by atoms with Crippen molar-refractivity contribution in [2.24, 2.45) is 0 Å². The number of phenols is 1. The zero-order chi connectivity index (χ0) is 15.7. The number of aromatic hydroxyl groups is 1. The number of nitrogens with two attached hydrogens (primary N) is 1. The number of nitrogen functional groups attached to an aromatic ring is 1. The van der Waals surface area contributed by atoms with E-state index in [9.17, 15) is 5.11 Å². The Kier molecular flexibility index (Phi) is 3.42. The first kappa shape index (κ1) is 13.9. The monoisotopic (exact) mass is 297 g/mol. The predicted octanol–water partition coefficient (Wildman–Crippen LogP) is 2.60. The van der Waals surface area contributed by atoms with Gasteiger partial charge in [-0.3, -0.25) is 0 Å². The molecule has 0 amide bonds. The Hall–Kier alpha value is -3.02. The van der Waals surface area contributed by atoms with Gasteiger partial charge in [-0.05, 0) is 18.2 Å². The maximum Gasteiger partial charge on any atom is 0.221 e. The molecule has 0 unspecified atom stereocenters. The highest BCUT2D eigenvalue weighted by Gasteiger charge is 2.15. The smallest absolute Gasteiger partial charge is 0.221 e. The van der Waals surface area contributed by atoms with Crippen molar-refractivity contribution in [3.63, 3.8) is 0 Å². The second-order valence-corrected chi connectivity index (χ2v) is 4.67. The molecule has 22 heavy (non-hydrogen) atoms. The molecule has 3 rings (SSSR count). The van der Waals surface area contributed by atoms with Crippen molar-refractivity contribution in [2.75, 3.05) is 20.0 Å². The van der Waals surface area contributed by atoms with Gasteiger partial charge in [0.15, 0.2) is 11.5 Å². The first-order valence-electron chi connectivity index (χ1n) is 6.61. The normalized spacial score (nSPS) is 10.6. The molecular weight excluding hydrogens is 282 g/mol. The van der Waals surface area contributed by atoms with Gasteiger partial charge in [-0.15, -0.1) is 0 Å². The highest BCUT2D eigenvalue weighted by atomic mass is 16.5. The van der Waals surface area contributed by atoms with Crippen molar-refractivity contribution in [1.82, 2.24) is 9.97 Å². The third kappa shape index (κ3) is 2.24. The zero-order valence-electron chi connectivity index (χ0n) is 12.2. The van der Waals surface area contributed by atoms with E-state index in [-0.39, 0.29) is 11.7 Å². The fraction of sp³-hybridized carbons (Fsp3) is 0.125. The average Bonchev–Trinajstić information content (AvgIpc) is 2.53. The Labute approximate surface area is 127 Å². The van der Waals surface area contributed by atoms with E-state index in [1.54, 1.807) is 44.6 Å². The van der Waals surface area contributed by atoms with Crippen LogP contribution < -0.4 is 15.2 Å². The predicted molar refractivity (Wildman–Crippen MR) is 84.2 cm³/mol. The molecule has 0 saturated carbocycles. The van der Waals surface area contributed by atoms with E-state index in [1.807, 2.05) is 6.07 Å². The number of ether oxygens (including phenoxy) is 2. The minimum absolute atomic E-state index is 0.122. The summed E-state index contributed by atoms with van der Waals surface area (Å²) in [6.45, 7) is 0. The van der Waals surface area contributed by atoms with Crippen LogP contribution in [0, 0.1) is 0 Å². The number of hydrogen-bond acceptors (Lipinski definition) is 6. The molecular formula is C16H15N3O3. The van der Waals surface area contributed by atoms with Gasteiger partial charge in [0, 0.05) is 17.0 Å². The van der Waals surface area contributed by atoms with Crippen molar-refractivity contribution in [1.29, 1.82) is 0 Å². The molecule has 3 N–H and O–H groups in total. The van der Waals surface area contributed by atoms with Crippen LogP contribution in [0.4, 0.5) is 5.95 Å². The van der Waals surface area contributed by atoms with E-state index in [1.165, 1.54) is 0 Å². The topological polar surface area (TPSA) is 90.5 Å². The summed E-state index contributed by atoms with van der Waals surface area (Å²) >= 11 is 0. The van der Waals surface area contributed by atoms with Gasteiger partial charge in [0.05, 0.1) is 25.4 Å². The molecule has 0 aliphatic heterocycles. The van der Waals surface area contributed by atoms with E-state index in [0.717, 1.165) is 0 Å². The van der Waals surface area contributed by atoms with Crippen molar-refractivity contribution in [3.8, 4) is 28.5 Å². The van der Waals surface area contributed by atoms with E-state index in [2.05, 4.69) is 9.97 Å². The van der Waals surface area contributed by atoms with E-state index < -0.39 is 0 Å². The average molecular weight is 297 g/mol. The number of phenolic OH excluding ortho intramolecular Hbond substituents is 1. The number of benzene rings is 2. The molecule has 0 radical (unpaired) electrons. The summed E-state index contributed by atoms with van der Waals surface area (Å²) in [5.74, 6) is 1.35. The summed E-state index contributed by atoms with van der Waals surface area (Å²) < 4.78 is 10.6. The Balaban J connectivity index is 2.37. The molecule has 3 aromatic rings. The van der Waals surface area contributed by atoms with Gasteiger partial charge in [0.2, 0.25) is 5.95 Å². The standard InChI is InChI=1S/C16H15N3O3/c1-21-13-7-10-11(8-14(13)22-2)18-16(17)19-15(10)9-5-3-4-6-12(9)20/h3-8,20H,1-2H3,(H2,17,18,19). The van der Waals surface area contributed by atoms with Crippen molar-refractivity contribution < 1.29 is 14.6 Å². The summed E-state index contributed by atoms with van der Waals surface area (Å²) in [6.07, 6.45) is 0. The number of methoxy groups -OCH3 is 2. The van der Waals surface area contributed by atoms with Crippen molar-refractivity contribution in [3.05, 3.63) is 36.4 Å². The van der Waals surface area contributed by atoms with Crippen LogP contribution >= 0.6 is 0 Å². The SMILES string of the molecule is COc1cc2nc(N)nc(-c3ccccc3O)c2cc1OC. The first-order valence-corrected chi connectivity index (χ1v) is 6.61. The molecule has 1 aromatic heterocycles. The number of aromatic nitrogens is 2. The summed E-state index contributed by atoms with van der Waals surface area (Å²) in [6, 6.07) is 10.4. The van der Waals surface area contributed by atoms with E-state index >= 15 is 0 Å². The quantitative estimate of drug-likeness (QED) is 0.772. The molecule has 0 aliphatic carbocycles. The van der Waals surface area contributed by atoms with Crippen LogP contribution in [0.3, 0.4) is 0 Å². The Morgan fingerprint density at radius 2 is 1.68 bits per heavy atom. The van der Waals surface area contributed by atoms with Crippen LogP contribution in [0.5, 0.6) is 17.2 Å². The van der Waals surface area contributed by atoms with Crippen LogP contribution in [-0.4, -0.2) is 29.3 Å². The summed E-state index contributed by atoms with van der Waals surface area (Å²) in [7, 11) is 3.11. The molecule has 2 aromatic carbocycles. The number of hydrogen-bond donors (Lipinski definition) is 2. The molecule has 6 nitrogen and oxygen atoms in total. The number of fused-ring (bicyclic) bond motifs is 1. The molecule has 0 fully saturated rings. The summed E-state index contributed by atoms with van der Waals surface area (Å²) in [4.78, 5) is 8.50. The molecule has 0 atom stereocenters. The van der Waals surface area contributed by atoms with E-state index in [4.69, 9.17) is 15.2 Å². The number of para-hydroxylation sites is 1. The summed E-state index contributed by atoms with van der Waals surface area (Å²) in [5.41, 5.74) is 7.53. The number of rotatable bonds is 3. The Morgan fingerprint density at radius 1 is 1.00 bits per heavy atom. The lowest BCUT2D eigenvalue weighted by molar-refractivity contribution is 0.356. The van der Waals surface area contributed by atoms with E-state index in [0.29, 0.717) is 33.7 Å². The molecule has 0 aliphatic rings. The number of anilines is 1. The van der Waals surface area contributed by atoms with Gasteiger partial charge in [-0.2, -0.15) is 0 Å². The van der Waals surface area contributed by atoms with Gasteiger partial charge in [0.25, 0.3) is 0 Å². The minimum Gasteiger partial charge on any atom is -0.507 e. The molecule has 0 bridgehead atoms. The fourth-order valence-corrected chi connectivity index (χ4v) is 2.35. The Morgan fingerprint density at radius 3 is 2.36 bits per heavy atom. The molecule has 112 valence electrons. The Bertz CT molecular complexity index is 849. The summed E-state index contributed by atoms with van der Waals surface area (Å²) in [5, 5.41) is 10.8. The molecule has 0 spiro atoms. The second-order valence-electron chi connectivity index (χ2n) is 4.67. The third-order valence-electron chi connectivity index (χ3n) is 3.38. The van der Waals surface area contributed by atoms with Crippen LogP contribution in [0.15, 0.2) is 36.4 Å². The molecule has 6 heteroatoms. The number of nitrogens with zero attached hydrogens (tertiary/aromatic N) is 2. The largest absolute Gasteiger partial charge is 0.507 e. The van der Waals surface area contributed by atoms with Gasteiger partial charge >= 0.3 is 0 Å². The fourth-order valence-electron chi connectivity index (χ4n) is 2.35. The van der Waals surface area contributed by atoms with Crippen LogP contribution in [0.2, 0.25) is 0 Å². The maximum atomic E-state index is 10.1. The molecule has 1 heterocycles. The van der Waals surface area contributed by atoms with Crippen LogP contribution in [0.25, 0.3) is 22.2 Å². The highest BCUT2D eigenvalue weighted by molar-refractivity contribution is 5.96. The first-order chi connectivity index (χ1) is 10.6. The van der Waals surface area contributed by atoms with Crippen LogP contribution in [-0.2, 0) is 0 Å². The van der Waals surface area contributed by atoms with Crippen molar-refractivity contribution >= 4 is 16.9 Å². The third-order valence-corrected chi connectivity index (χ3v) is 3.38. The van der Waals surface area contributed by atoms with Gasteiger partial charge in [-0.1, -0.05) is 12.1 Å². The van der Waals surface area contributed by atoms with Crippen molar-refractivity contribution in [2.45, 2.75) is 0 Å². The lowest BCUT2D eigenvalue weighted by atomic mass is 10.0. The zero-order valence-corrected chi connectivity index (χ0v) is 12.2. The molecule has 0 saturated heterocycles. The lowest BCUT2D eigenvalue weighted by Gasteiger charge is -2.12. The lowest BCUT2D eigenvalue weighted by Crippen LogP contribution is -1.99. The second kappa shape index (κ2) is 5.40. The van der Waals surface area contributed by atoms with Gasteiger partial charge in [0.1, 0.15) is 5.75 Å². The van der Waals surface area contributed by atoms with Gasteiger partial charge in [-0.25, -0.2) is 9.97 Å². The van der Waals surface area contributed by atoms with Gasteiger partial charge < -0.3 is 20.3 Å². The maximum absolute atomic E-state index is 10.1. The van der Waals surface area contributed by atoms with Crippen LogP contribution in [0.1, 0.15) is 0 Å².